The number of allylic oxidation sites excluding steroid dienone is 1. The third kappa shape index (κ3) is 8.91. The zero-order chi connectivity index (χ0) is 26.9. The number of hydrogen-bond donors (Lipinski definition) is 2. The number of aliphatic hydroxyl groups is 1. The van der Waals surface area contributed by atoms with Crippen LogP contribution in [0.5, 0.6) is 0 Å². The zero-order valence-electron chi connectivity index (χ0n) is 22.1. The molecule has 0 heterocycles. The van der Waals surface area contributed by atoms with Crippen molar-refractivity contribution in [3.8, 4) is 0 Å². The number of amides is 2. The number of hydrogen-bond acceptors (Lipinski definition) is 6. The topological polar surface area (TPSA) is 105 Å². The van der Waals surface area contributed by atoms with Crippen LogP contribution in [-0.4, -0.2) is 53.3 Å². The van der Waals surface area contributed by atoms with Gasteiger partial charge in [0, 0.05) is 13.1 Å². The maximum Gasteiger partial charge on any atom is 0.410 e. The number of methoxy groups -OCH3 is 1. The molecule has 8 heteroatoms. The Labute approximate surface area is 213 Å². The lowest BCUT2D eigenvalue weighted by Crippen LogP contribution is -2.42. The fraction of sp³-hybridized carbons (Fsp3) is 0.464. The Morgan fingerprint density at radius 3 is 2.31 bits per heavy atom. The summed E-state index contributed by atoms with van der Waals surface area (Å²) in [5.41, 5.74) is 0.792. The van der Waals surface area contributed by atoms with Crippen LogP contribution >= 0.6 is 0 Å². The number of rotatable bonds is 10. The number of nitrogens with one attached hydrogen (secondary N) is 1. The summed E-state index contributed by atoms with van der Waals surface area (Å²) in [5.74, 6) is -1.74. The number of fused-ring (bicyclic) bond motifs is 1. The average Bonchev–Trinajstić information content (AvgIpc) is 2.82. The predicted molar refractivity (Wildman–Crippen MR) is 139 cm³/mol. The van der Waals surface area contributed by atoms with Crippen LogP contribution in [0.1, 0.15) is 59.4 Å². The van der Waals surface area contributed by atoms with Crippen LogP contribution in [0.2, 0.25) is 0 Å². The first kappa shape index (κ1) is 28.7. The third-order valence-corrected chi connectivity index (χ3v) is 5.49. The molecule has 196 valence electrons. The van der Waals surface area contributed by atoms with E-state index in [1.54, 1.807) is 18.7 Å². The van der Waals surface area contributed by atoms with Crippen molar-refractivity contribution in [1.29, 1.82) is 0 Å². The molecule has 36 heavy (non-hydrogen) atoms. The molecule has 2 amide bonds. The van der Waals surface area contributed by atoms with E-state index in [1.165, 1.54) is 7.11 Å². The summed E-state index contributed by atoms with van der Waals surface area (Å²) in [6.07, 6.45) is 0.992. The van der Waals surface area contributed by atoms with Crippen molar-refractivity contribution in [1.82, 2.24) is 10.2 Å². The van der Waals surface area contributed by atoms with Crippen molar-refractivity contribution in [2.75, 3.05) is 13.7 Å². The zero-order valence-corrected chi connectivity index (χ0v) is 22.1. The molecule has 0 fully saturated rings. The van der Waals surface area contributed by atoms with Gasteiger partial charge >= 0.3 is 12.1 Å². The van der Waals surface area contributed by atoms with Crippen molar-refractivity contribution < 1.29 is 29.0 Å². The van der Waals surface area contributed by atoms with E-state index in [4.69, 9.17) is 9.47 Å². The molecule has 0 unspecified atom stereocenters. The number of unbranched alkanes of at least 4 members (excludes halogenated alkanes) is 1. The molecule has 0 aliphatic rings. The number of carbonyl (C=O) groups excluding carboxylic acids is 3. The first-order valence-corrected chi connectivity index (χ1v) is 12.1. The molecule has 8 nitrogen and oxygen atoms in total. The fourth-order valence-corrected chi connectivity index (χ4v) is 3.61. The van der Waals surface area contributed by atoms with Crippen LogP contribution in [0.25, 0.3) is 10.8 Å². The number of benzene rings is 2. The second kappa shape index (κ2) is 13.0. The van der Waals surface area contributed by atoms with E-state index < -0.39 is 35.4 Å². The summed E-state index contributed by atoms with van der Waals surface area (Å²) < 4.78 is 10.4. The Morgan fingerprint density at radius 2 is 1.69 bits per heavy atom. The second-order valence-corrected chi connectivity index (χ2v) is 9.98. The Balaban J connectivity index is 2.06. The van der Waals surface area contributed by atoms with Crippen LogP contribution in [-0.2, 0) is 25.6 Å². The molecule has 2 rings (SSSR count). The van der Waals surface area contributed by atoms with E-state index in [-0.39, 0.29) is 0 Å². The minimum Gasteiger partial charge on any atom is -0.503 e. The summed E-state index contributed by atoms with van der Waals surface area (Å²) in [6.45, 7) is 9.46. The van der Waals surface area contributed by atoms with Gasteiger partial charge in [-0.1, -0.05) is 36.4 Å². The lowest BCUT2D eigenvalue weighted by Gasteiger charge is -2.28. The summed E-state index contributed by atoms with van der Waals surface area (Å²) in [4.78, 5) is 38.9. The van der Waals surface area contributed by atoms with E-state index in [9.17, 15) is 19.5 Å². The number of nitrogens with zero attached hydrogens (tertiary/aromatic N) is 1. The van der Waals surface area contributed by atoms with Crippen LogP contribution in [0.15, 0.2) is 53.8 Å². The van der Waals surface area contributed by atoms with Gasteiger partial charge in [0.1, 0.15) is 11.6 Å². The summed E-state index contributed by atoms with van der Waals surface area (Å²) in [7, 11) is 1.25. The largest absolute Gasteiger partial charge is 0.503 e. The number of esters is 1. The van der Waals surface area contributed by atoms with Crippen molar-refractivity contribution in [3.63, 3.8) is 0 Å². The highest BCUT2D eigenvalue weighted by Gasteiger charge is 2.25. The van der Waals surface area contributed by atoms with Gasteiger partial charge in [-0.2, -0.15) is 0 Å². The maximum absolute atomic E-state index is 12.9. The molecule has 0 saturated carbocycles. The first-order chi connectivity index (χ1) is 16.9. The van der Waals surface area contributed by atoms with E-state index >= 15 is 0 Å². The van der Waals surface area contributed by atoms with Crippen molar-refractivity contribution >= 4 is 28.7 Å². The van der Waals surface area contributed by atoms with Crippen molar-refractivity contribution in [3.05, 3.63) is 59.4 Å². The summed E-state index contributed by atoms with van der Waals surface area (Å²) in [5, 5.41) is 14.6. The van der Waals surface area contributed by atoms with E-state index in [2.05, 4.69) is 11.4 Å². The minimum atomic E-state index is -0.903. The monoisotopic (exact) mass is 498 g/mol. The van der Waals surface area contributed by atoms with Gasteiger partial charge < -0.3 is 24.8 Å². The van der Waals surface area contributed by atoms with E-state index in [0.717, 1.165) is 16.3 Å². The Bertz CT molecular complexity index is 1100. The second-order valence-electron chi connectivity index (χ2n) is 9.98. The van der Waals surface area contributed by atoms with E-state index in [1.807, 2.05) is 57.2 Å². The van der Waals surface area contributed by atoms with Gasteiger partial charge in [0.25, 0.3) is 5.91 Å². The van der Waals surface area contributed by atoms with E-state index in [0.29, 0.717) is 37.9 Å². The van der Waals surface area contributed by atoms with Crippen LogP contribution in [0.4, 0.5) is 4.79 Å². The molecule has 0 aliphatic carbocycles. The minimum absolute atomic E-state index is 0.298. The molecule has 0 spiro atoms. The van der Waals surface area contributed by atoms with Gasteiger partial charge in [-0.25, -0.2) is 9.59 Å². The molecule has 2 N–H and O–H groups in total. The van der Waals surface area contributed by atoms with Gasteiger partial charge in [-0.05, 0) is 81.9 Å². The molecule has 2 aromatic carbocycles. The molecule has 2 aromatic rings. The lowest BCUT2D eigenvalue weighted by molar-refractivity contribution is -0.145. The highest BCUT2D eigenvalue weighted by atomic mass is 16.6. The first-order valence-electron chi connectivity index (χ1n) is 12.1. The molecular formula is C28H38N2O6. The number of ether oxygens (including phenoxy) is 2. The molecule has 0 aliphatic heterocycles. The Hall–Kier alpha value is -3.55. The Kier molecular flexibility index (Phi) is 10.3. The van der Waals surface area contributed by atoms with Gasteiger partial charge in [0.15, 0.2) is 5.76 Å². The van der Waals surface area contributed by atoms with Gasteiger partial charge in [-0.3, -0.25) is 4.79 Å². The van der Waals surface area contributed by atoms with Crippen molar-refractivity contribution in [2.24, 2.45) is 0 Å². The smallest absolute Gasteiger partial charge is 0.410 e. The van der Waals surface area contributed by atoms with Crippen LogP contribution in [0.3, 0.4) is 0 Å². The summed E-state index contributed by atoms with van der Waals surface area (Å²) >= 11 is 0. The molecular weight excluding hydrogens is 460 g/mol. The van der Waals surface area contributed by atoms with Gasteiger partial charge in [-0.15, -0.1) is 0 Å². The van der Waals surface area contributed by atoms with Crippen molar-refractivity contribution in [2.45, 2.75) is 72.1 Å². The molecule has 0 aromatic heterocycles. The molecule has 1 atom stereocenters. The van der Waals surface area contributed by atoms with Crippen LogP contribution in [0, 0.1) is 0 Å². The summed E-state index contributed by atoms with van der Waals surface area (Å²) in [6, 6.07) is 13.2. The highest BCUT2D eigenvalue weighted by Crippen LogP contribution is 2.19. The third-order valence-electron chi connectivity index (χ3n) is 5.49. The number of carbonyl (C=O) groups is 3. The lowest BCUT2D eigenvalue weighted by atomic mass is 10.1. The predicted octanol–water partition coefficient (Wildman–Crippen LogP) is 5.26. The molecule has 0 saturated heterocycles. The number of aliphatic hydroxyl groups excluding tert-OH is 1. The average molecular weight is 499 g/mol. The van der Waals surface area contributed by atoms with Gasteiger partial charge in [0.05, 0.1) is 7.11 Å². The standard InChI is InChI=1S/C28H38N2O6/c1-19(2)24(31)25(32)29-23(26(33)35-6)13-9-10-16-30(27(34)36-28(3,4)5)18-20-14-15-21-11-7-8-12-22(21)17-20/h7-8,11-12,14-15,17,23,31H,9-10,13,16,18H2,1-6H3,(H,29,32)/t23-/m0/s1. The normalized spacial score (nSPS) is 11.9. The quantitative estimate of drug-likeness (QED) is 0.200. The fourth-order valence-electron chi connectivity index (χ4n) is 3.61. The van der Waals surface area contributed by atoms with Crippen LogP contribution < -0.4 is 5.32 Å². The highest BCUT2D eigenvalue weighted by molar-refractivity contribution is 5.94. The maximum atomic E-state index is 12.9. The molecule has 0 radical (unpaired) electrons. The van der Waals surface area contributed by atoms with Gasteiger partial charge in [0.2, 0.25) is 0 Å². The molecule has 0 bridgehead atoms. The SMILES string of the molecule is COC(=O)[C@H](CCCCN(Cc1ccc2ccccc2c1)C(=O)OC(C)(C)C)NC(=O)C(O)=C(C)C. The Morgan fingerprint density at radius 1 is 1.03 bits per heavy atom.